The third-order valence-corrected chi connectivity index (χ3v) is 2.18. The summed E-state index contributed by atoms with van der Waals surface area (Å²) in [5.41, 5.74) is 6.51. The first kappa shape index (κ1) is 12.2. The Balaban J connectivity index is 2.73. The highest BCUT2D eigenvalue weighted by atomic mass is 16.2. The molecular weight excluding hydrogens is 202 g/mol. The van der Waals surface area contributed by atoms with E-state index in [4.69, 9.17) is 11.0 Å². The van der Waals surface area contributed by atoms with Crippen molar-refractivity contribution in [1.29, 1.82) is 5.26 Å². The molecule has 1 atom stereocenters. The number of carbonyl (C=O) groups excluding carboxylic acids is 1. The minimum Gasteiger partial charge on any atom is -0.324 e. The van der Waals surface area contributed by atoms with Crippen LogP contribution in [-0.4, -0.2) is 23.4 Å². The van der Waals surface area contributed by atoms with Crippen LogP contribution < -0.4 is 5.73 Å². The van der Waals surface area contributed by atoms with Crippen LogP contribution in [0.4, 0.5) is 0 Å². The zero-order valence-electron chi connectivity index (χ0n) is 9.26. The molecule has 4 heteroatoms. The van der Waals surface area contributed by atoms with Gasteiger partial charge in [-0.1, -0.05) is 30.3 Å². The second-order valence-corrected chi connectivity index (χ2v) is 3.63. The minimum atomic E-state index is -0.572. The molecule has 1 rings (SSSR count). The Hall–Kier alpha value is -1.86. The number of amides is 1. The summed E-state index contributed by atoms with van der Waals surface area (Å²) in [6, 6.07) is 10.9. The van der Waals surface area contributed by atoms with E-state index in [9.17, 15) is 4.79 Å². The zero-order chi connectivity index (χ0) is 12.0. The average molecular weight is 217 g/mol. The molecule has 0 aliphatic rings. The predicted molar refractivity (Wildman–Crippen MR) is 61.1 cm³/mol. The predicted octanol–water partition coefficient (Wildman–Crippen LogP) is 0.886. The lowest BCUT2D eigenvalue weighted by molar-refractivity contribution is -0.132. The summed E-state index contributed by atoms with van der Waals surface area (Å²) in [4.78, 5) is 13.1. The van der Waals surface area contributed by atoms with E-state index < -0.39 is 6.04 Å². The van der Waals surface area contributed by atoms with Crippen LogP contribution in [0.5, 0.6) is 0 Å². The summed E-state index contributed by atoms with van der Waals surface area (Å²) in [7, 11) is 0. The van der Waals surface area contributed by atoms with Gasteiger partial charge in [0.15, 0.2) is 0 Å². The van der Waals surface area contributed by atoms with Gasteiger partial charge >= 0.3 is 0 Å². The molecule has 0 bridgehead atoms. The number of benzene rings is 1. The highest BCUT2D eigenvalue weighted by molar-refractivity contribution is 5.81. The molecule has 0 saturated carbocycles. The van der Waals surface area contributed by atoms with E-state index in [1.54, 1.807) is 6.92 Å². The van der Waals surface area contributed by atoms with Gasteiger partial charge in [-0.3, -0.25) is 4.79 Å². The molecule has 0 spiro atoms. The van der Waals surface area contributed by atoms with Crippen molar-refractivity contribution in [2.75, 3.05) is 6.54 Å². The topological polar surface area (TPSA) is 70.1 Å². The van der Waals surface area contributed by atoms with Crippen molar-refractivity contribution in [3.05, 3.63) is 35.9 Å². The van der Waals surface area contributed by atoms with Crippen LogP contribution in [-0.2, 0) is 11.3 Å². The molecule has 0 saturated heterocycles. The zero-order valence-corrected chi connectivity index (χ0v) is 9.26. The standard InChI is InChI=1S/C12H15N3O/c1-10(14)12(16)15(8-7-13)9-11-5-3-2-4-6-11/h2-6,10H,8-9,14H2,1H3/t10-/m0/s1. The Bertz CT molecular complexity index is 381. The fourth-order valence-electron chi connectivity index (χ4n) is 1.39. The van der Waals surface area contributed by atoms with Gasteiger partial charge in [0.05, 0.1) is 12.1 Å². The molecular formula is C12H15N3O. The number of carbonyl (C=O) groups is 1. The normalized spacial score (nSPS) is 11.6. The Morgan fingerprint density at radius 2 is 2.12 bits per heavy atom. The quantitative estimate of drug-likeness (QED) is 0.761. The van der Waals surface area contributed by atoms with Crippen molar-refractivity contribution >= 4 is 5.91 Å². The maximum absolute atomic E-state index is 11.7. The van der Waals surface area contributed by atoms with Gasteiger partial charge in [-0.2, -0.15) is 5.26 Å². The van der Waals surface area contributed by atoms with Crippen molar-refractivity contribution in [2.24, 2.45) is 5.73 Å². The Morgan fingerprint density at radius 3 is 2.62 bits per heavy atom. The van der Waals surface area contributed by atoms with E-state index in [-0.39, 0.29) is 12.5 Å². The molecule has 4 nitrogen and oxygen atoms in total. The lowest BCUT2D eigenvalue weighted by Gasteiger charge is -2.21. The fraction of sp³-hybridized carbons (Fsp3) is 0.333. The lowest BCUT2D eigenvalue weighted by atomic mass is 10.2. The second-order valence-electron chi connectivity index (χ2n) is 3.63. The second kappa shape index (κ2) is 5.89. The Labute approximate surface area is 95.3 Å². The SMILES string of the molecule is C[C@H](N)C(=O)N(CC#N)Cc1ccccc1. The van der Waals surface area contributed by atoms with Crippen LogP contribution in [0.15, 0.2) is 30.3 Å². The molecule has 0 heterocycles. The maximum Gasteiger partial charge on any atom is 0.240 e. The largest absolute Gasteiger partial charge is 0.324 e. The molecule has 0 aliphatic carbocycles. The molecule has 0 aliphatic heterocycles. The van der Waals surface area contributed by atoms with Crippen molar-refractivity contribution in [3.63, 3.8) is 0 Å². The molecule has 1 aromatic rings. The van der Waals surface area contributed by atoms with E-state index in [1.807, 2.05) is 36.4 Å². The smallest absolute Gasteiger partial charge is 0.240 e. The van der Waals surface area contributed by atoms with E-state index in [0.717, 1.165) is 5.56 Å². The number of nitrogens with two attached hydrogens (primary N) is 1. The fourth-order valence-corrected chi connectivity index (χ4v) is 1.39. The van der Waals surface area contributed by atoms with E-state index >= 15 is 0 Å². The van der Waals surface area contributed by atoms with Crippen LogP contribution in [0, 0.1) is 11.3 Å². The molecule has 84 valence electrons. The summed E-state index contributed by atoms with van der Waals surface area (Å²) in [5.74, 6) is -0.203. The van der Waals surface area contributed by atoms with Crippen molar-refractivity contribution in [1.82, 2.24) is 4.90 Å². The third kappa shape index (κ3) is 3.37. The molecule has 0 unspecified atom stereocenters. The number of nitriles is 1. The summed E-state index contributed by atoms with van der Waals surface area (Å²) in [6.45, 7) is 2.11. The van der Waals surface area contributed by atoms with E-state index in [0.29, 0.717) is 6.54 Å². The monoisotopic (exact) mass is 217 g/mol. The van der Waals surface area contributed by atoms with Gasteiger partial charge in [-0.15, -0.1) is 0 Å². The highest BCUT2D eigenvalue weighted by Gasteiger charge is 2.16. The number of hydrogen-bond donors (Lipinski definition) is 1. The van der Waals surface area contributed by atoms with Gasteiger partial charge in [-0.05, 0) is 12.5 Å². The summed E-state index contributed by atoms with van der Waals surface area (Å²) < 4.78 is 0. The van der Waals surface area contributed by atoms with Gasteiger partial charge in [-0.25, -0.2) is 0 Å². The number of nitrogens with zero attached hydrogens (tertiary/aromatic N) is 2. The summed E-state index contributed by atoms with van der Waals surface area (Å²) in [5, 5.41) is 8.66. The molecule has 16 heavy (non-hydrogen) atoms. The van der Waals surface area contributed by atoms with Crippen molar-refractivity contribution < 1.29 is 4.79 Å². The summed E-state index contributed by atoms with van der Waals surface area (Å²) in [6.07, 6.45) is 0. The first-order valence-corrected chi connectivity index (χ1v) is 5.10. The molecule has 1 amide bonds. The highest BCUT2D eigenvalue weighted by Crippen LogP contribution is 2.05. The number of hydrogen-bond acceptors (Lipinski definition) is 3. The van der Waals surface area contributed by atoms with E-state index in [1.165, 1.54) is 4.90 Å². The van der Waals surface area contributed by atoms with Crippen molar-refractivity contribution in [2.45, 2.75) is 19.5 Å². The van der Waals surface area contributed by atoms with Gasteiger partial charge in [0.1, 0.15) is 6.54 Å². The van der Waals surface area contributed by atoms with Crippen LogP contribution >= 0.6 is 0 Å². The van der Waals surface area contributed by atoms with Crippen LogP contribution in [0.1, 0.15) is 12.5 Å². The third-order valence-electron chi connectivity index (χ3n) is 2.18. The van der Waals surface area contributed by atoms with Crippen LogP contribution in [0.25, 0.3) is 0 Å². The summed E-state index contributed by atoms with van der Waals surface area (Å²) >= 11 is 0. The molecule has 0 aromatic heterocycles. The lowest BCUT2D eigenvalue weighted by Crippen LogP contribution is -2.41. The van der Waals surface area contributed by atoms with Gasteiger partial charge in [0.25, 0.3) is 0 Å². The number of rotatable bonds is 4. The average Bonchev–Trinajstić information content (AvgIpc) is 2.29. The van der Waals surface area contributed by atoms with E-state index in [2.05, 4.69) is 0 Å². The van der Waals surface area contributed by atoms with Gasteiger partial charge in [0.2, 0.25) is 5.91 Å². The molecule has 0 radical (unpaired) electrons. The van der Waals surface area contributed by atoms with Gasteiger partial charge in [0, 0.05) is 6.54 Å². The minimum absolute atomic E-state index is 0.0647. The molecule has 1 aromatic carbocycles. The Morgan fingerprint density at radius 1 is 1.50 bits per heavy atom. The van der Waals surface area contributed by atoms with Crippen LogP contribution in [0.3, 0.4) is 0 Å². The Kier molecular flexibility index (Phi) is 4.49. The first-order chi connectivity index (χ1) is 7.65. The molecule has 2 N–H and O–H groups in total. The van der Waals surface area contributed by atoms with Crippen LogP contribution in [0.2, 0.25) is 0 Å². The first-order valence-electron chi connectivity index (χ1n) is 5.10. The van der Waals surface area contributed by atoms with Crippen molar-refractivity contribution in [3.8, 4) is 6.07 Å². The maximum atomic E-state index is 11.7. The van der Waals surface area contributed by atoms with Gasteiger partial charge < -0.3 is 10.6 Å². The molecule has 0 fully saturated rings.